The SMILES string of the molecule is O=C1CNC(=O)N1CCCN1CCC(C2CCOCC2)C1. The van der Waals surface area contributed by atoms with Gasteiger partial charge in [-0.05, 0) is 50.6 Å². The third-order valence-corrected chi connectivity index (χ3v) is 5.03. The molecule has 6 nitrogen and oxygen atoms in total. The zero-order valence-corrected chi connectivity index (χ0v) is 12.6. The number of amides is 3. The van der Waals surface area contributed by atoms with Gasteiger partial charge in [-0.2, -0.15) is 0 Å². The van der Waals surface area contributed by atoms with Crippen molar-refractivity contribution in [3.05, 3.63) is 0 Å². The van der Waals surface area contributed by atoms with Crippen LogP contribution in [0.5, 0.6) is 0 Å². The number of urea groups is 1. The summed E-state index contributed by atoms with van der Waals surface area (Å²) in [5.74, 6) is 1.54. The zero-order valence-electron chi connectivity index (χ0n) is 12.6. The fraction of sp³-hybridized carbons (Fsp3) is 0.867. The maximum Gasteiger partial charge on any atom is 0.324 e. The fourth-order valence-electron chi connectivity index (χ4n) is 3.77. The number of nitrogens with one attached hydrogen (secondary N) is 1. The van der Waals surface area contributed by atoms with Gasteiger partial charge in [0.15, 0.2) is 0 Å². The topological polar surface area (TPSA) is 61.9 Å². The Bertz CT molecular complexity index is 380. The Morgan fingerprint density at radius 2 is 1.90 bits per heavy atom. The first kappa shape index (κ1) is 14.8. The van der Waals surface area contributed by atoms with Crippen molar-refractivity contribution in [3.8, 4) is 0 Å². The molecule has 3 aliphatic rings. The van der Waals surface area contributed by atoms with E-state index in [1.54, 1.807) is 0 Å². The lowest BCUT2D eigenvalue weighted by Gasteiger charge is -2.27. The standard InChI is InChI=1S/C15H25N3O3/c19-14-10-16-15(20)18(14)6-1-5-17-7-2-13(11-17)12-3-8-21-9-4-12/h12-13H,1-11H2,(H,16,20). The van der Waals surface area contributed by atoms with E-state index in [0.717, 1.165) is 44.6 Å². The van der Waals surface area contributed by atoms with Gasteiger partial charge in [0.05, 0.1) is 6.54 Å². The lowest BCUT2D eigenvalue weighted by molar-refractivity contribution is -0.125. The molecule has 3 rings (SSSR count). The van der Waals surface area contributed by atoms with Gasteiger partial charge in [0.2, 0.25) is 5.91 Å². The van der Waals surface area contributed by atoms with Crippen LogP contribution in [0.3, 0.4) is 0 Å². The minimum atomic E-state index is -0.235. The molecule has 1 atom stereocenters. The Labute approximate surface area is 125 Å². The number of carbonyl (C=O) groups is 2. The number of hydrogen-bond donors (Lipinski definition) is 1. The highest BCUT2D eigenvalue weighted by Crippen LogP contribution is 2.31. The van der Waals surface area contributed by atoms with Crippen LogP contribution in [-0.2, 0) is 9.53 Å². The van der Waals surface area contributed by atoms with Crippen LogP contribution in [0, 0.1) is 11.8 Å². The monoisotopic (exact) mass is 295 g/mol. The molecule has 0 saturated carbocycles. The molecular formula is C15H25N3O3. The Hall–Kier alpha value is -1.14. The summed E-state index contributed by atoms with van der Waals surface area (Å²) >= 11 is 0. The molecule has 3 fully saturated rings. The van der Waals surface area contributed by atoms with Crippen LogP contribution in [0.2, 0.25) is 0 Å². The van der Waals surface area contributed by atoms with E-state index >= 15 is 0 Å². The molecule has 3 aliphatic heterocycles. The van der Waals surface area contributed by atoms with E-state index in [1.165, 1.54) is 30.7 Å². The lowest BCUT2D eigenvalue weighted by atomic mass is 9.85. The second kappa shape index (κ2) is 6.75. The van der Waals surface area contributed by atoms with Gasteiger partial charge in [-0.15, -0.1) is 0 Å². The summed E-state index contributed by atoms with van der Waals surface area (Å²) in [4.78, 5) is 26.8. The molecule has 0 bridgehead atoms. The molecule has 118 valence electrons. The number of nitrogens with zero attached hydrogens (tertiary/aromatic N) is 2. The number of carbonyl (C=O) groups excluding carboxylic acids is 2. The van der Waals surface area contributed by atoms with Gasteiger partial charge in [0.1, 0.15) is 0 Å². The van der Waals surface area contributed by atoms with Crippen LogP contribution in [0.15, 0.2) is 0 Å². The summed E-state index contributed by atoms with van der Waals surface area (Å²) in [6.07, 6.45) is 4.58. The smallest absolute Gasteiger partial charge is 0.324 e. The molecule has 3 saturated heterocycles. The molecule has 0 aromatic rings. The first-order valence-corrected chi connectivity index (χ1v) is 8.12. The van der Waals surface area contributed by atoms with Crippen molar-refractivity contribution in [3.63, 3.8) is 0 Å². The largest absolute Gasteiger partial charge is 0.381 e. The van der Waals surface area contributed by atoms with E-state index in [0.29, 0.717) is 6.54 Å². The van der Waals surface area contributed by atoms with Crippen LogP contribution in [0.1, 0.15) is 25.7 Å². The van der Waals surface area contributed by atoms with Crippen molar-refractivity contribution in [2.45, 2.75) is 25.7 Å². The third kappa shape index (κ3) is 3.55. The summed E-state index contributed by atoms with van der Waals surface area (Å²) in [7, 11) is 0. The quantitative estimate of drug-likeness (QED) is 0.758. The second-order valence-corrected chi connectivity index (χ2v) is 6.36. The van der Waals surface area contributed by atoms with Gasteiger partial charge >= 0.3 is 6.03 Å². The predicted octanol–water partition coefficient (Wildman–Crippen LogP) is 0.677. The average molecular weight is 295 g/mol. The Morgan fingerprint density at radius 3 is 2.62 bits per heavy atom. The molecular weight excluding hydrogens is 270 g/mol. The molecule has 0 aromatic carbocycles. The molecule has 3 amide bonds. The van der Waals surface area contributed by atoms with Crippen molar-refractivity contribution >= 4 is 11.9 Å². The molecule has 1 N–H and O–H groups in total. The van der Waals surface area contributed by atoms with Crippen molar-refractivity contribution in [1.29, 1.82) is 0 Å². The van der Waals surface area contributed by atoms with Gasteiger partial charge in [-0.1, -0.05) is 0 Å². The van der Waals surface area contributed by atoms with Gasteiger partial charge in [0.25, 0.3) is 0 Å². The summed E-state index contributed by atoms with van der Waals surface area (Å²) in [5, 5.41) is 2.56. The lowest BCUT2D eigenvalue weighted by Crippen LogP contribution is -2.34. The molecule has 0 aliphatic carbocycles. The fourth-order valence-corrected chi connectivity index (χ4v) is 3.77. The summed E-state index contributed by atoms with van der Waals surface area (Å²) in [5.41, 5.74) is 0. The highest BCUT2D eigenvalue weighted by atomic mass is 16.5. The highest BCUT2D eigenvalue weighted by Gasteiger charge is 2.31. The van der Waals surface area contributed by atoms with E-state index in [4.69, 9.17) is 4.74 Å². The minimum absolute atomic E-state index is 0.0958. The van der Waals surface area contributed by atoms with E-state index in [1.807, 2.05) is 0 Å². The van der Waals surface area contributed by atoms with E-state index in [-0.39, 0.29) is 18.5 Å². The second-order valence-electron chi connectivity index (χ2n) is 6.36. The molecule has 0 spiro atoms. The van der Waals surface area contributed by atoms with Crippen LogP contribution < -0.4 is 5.32 Å². The van der Waals surface area contributed by atoms with Gasteiger partial charge < -0.3 is 15.0 Å². The van der Waals surface area contributed by atoms with Gasteiger partial charge in [-0.3, -0.25) is 9.69 Å². The van der Waals surface area contributed by atoms with Crippen molar-refractivity contribution in [2.75, 3.05) is 45.9 Å². The van der Waals surface area contributed by atoms with Crippen LogP contribution in [0.4, 0.5) is 4.79 Å². The number of imide groups is 1. The van der Waals surface area contributed by atoms with E-state index < -0.39 is 0 Å². The summed E-state index contributed by atoms with van der Waals surface area (Å²) in [6.45, 7) is 5.86. The van der Waals surface area contributed by atoms with Crippen LogP contribution >= 0.6 is 0 Å². The summed E-state index contributed by atoms with van der Waals surface area (Å²) in [6, 6.07) is -0.235. The minimum Gasteiger partial charge on any atom is -0.381 e. The normalized spacial score (nSPS) is 28.4. The van der Waals surface area contributed by atoms with Crippen molar-refractivity contribution in [2.24, 2.45) is 11.8 Å². The van der Waals surface area contributed by atoms with Crippen molar-refractivity contribution in [1.82, 2.24) is 15.1 Å². The van der Waals surface area contributed by atoms with Crippen LogP contribution in [-0.4, -0.2) is 67.7 Å². The maximum atomic E-state index is 11.5. The van der Waals surface area contributed by atoms with Gasteiger partial charge in [-0.25, -0.2) is 4.79 Å². The average Bonchev–Trinajstić information content (AvgIpc) is 3.10. The number of ether oxygens (including phenoxy) is 1. The predicted molar refractivity (Wildman–Crippen MR) is 77.8 cm³/mol. The molecule has 0 aromatic heterocycles. The first-order chi connectivity index (χ1) is 10.2. The third-order valence-electron chi connectivity index (χ3n) is 5.03. The summed E-state index contributed by atoms with van der Waals surface area (Å²) < 4.78 is 5.44. The molecule has 21 heavy (non-hydrogen) atoms. The Balaban J connectivity index is 1.37. The molecule has 1 unspecified atom stereocenters. The number of rotatable bonds is 5. The molecule has 0 radical (unpaired) electrons. The Kier molecular flexibility index (Phi) is 4.75. The highest BCUT2D eigenvalue weighted by molar-refractivity contribution is 6.01. The Morgan fingerprint density at radius 1 is 1.10 bits per heavy atom. The number of hydrogen-bond acceptors (Lipinski definition) is 4. The zero-order chi connectivity index (χ0) is 14.7. The van der Waals surface area contributed by atoms with E-state index in [9.17, 15) is 9.59 Å². The first-order valence-electron chi connectivity index (χ1n) is 8.12. The number of likely N-dealkylation sites (tertiary alicyclic amines) is 1. The van der Waals surface area contributed by atoms with E-state index in [2.05, 4.69) is 10.2 Å². The van der Waals surface area contributed by atoms with Crippen LogP contribution in [0.25, 0.3) is 0 Å². The maximum absolute atomic E-state index is 11.5. The van der Waals surface area contributed by atoms with Crippen molar-refractivity contribution < 1.29 is 14.3 Å². The molecule has 3 heterocycles. The molecule has 6 heteroatoms. The van der Waals surface area contributed by atoms with Gasteiger partial charge in [0, 0.05) is 26.3 Å².